The molecule has 0 aromatic heterocycles. The number of amides is 1. The van der Waals surface area contributed by atoms with E-state index in [1.807, 2.05) is 0 Å². The van der Waals surface area contributed by atoms with E-state index in [-0.39, 0.29) is 13.0 Å². The average Bonchev–Trinajstić information content (AvgIpc) is 3.23. The molecule has 1 amide bonds. The minimum Gasteiger partial charge on any atom is -0.862 e. The maximum absolute atomic E-state index is 12.0. The number of carboxylic acids is 1. The molecular weight excluding hydrogens is 460 g/mol. The molecule has 0 aromatic carbocycles. The summed E-state index contributed by atoms with van der Waals surface area (Å²) in [5.74, 6) is -2.29. The first-order valence-corrected chi connectivity index (χ1v) is 11.0. The minimum absolute atomic E-state index is 0.0176. The Hall–Kier alpha value is -1.91. The molecule has 3 rings (SSSR count). The maximum Gasteiger partial charge on any atom is 0.332 e. The second-order valence-electron chi connectivity index (χ2n) is 8.36. The van der Waals surface area contributed by atoms with Crippen LogP contribution >= 0.6 is 0 Å². The maximum atomic E-state index is 12.0. The first-order chi connectivity index (χ1) is 16.1. The third-order valence-electron chi connectivity index (χ3n) is 5.89. The third kappa shape index (κ3) is 5.66. The Labute approximate surface area is 195 Å². The lowest BCUT2D eigenvalue weighted by Crippen LogP contribution is -2.65. The normalized spacial score (nSPS) is 41.2. The van der Waals surface area contributed by atoms with Crippen LogP contribution in [0.4, 0.5) is 0 Å². The van der Waals surface area contributed by atoms with Crippen molar-refractivity contribution in [3.8, 4) is 0 Å². The molecule has 3 aliphatic heterocycles. The summed E-state index contributed by atoms with van der Waals surface area (Å²) in [6.45, 7) is 3.48. The first-order valence-electron chi connectivity index (χ1n) is 11.0. The summed E-state index contributed by atoms with van der Waals surface area (Å²) in [5.41, 5.74) is 0. The zero-order chi connectivity index (χ0) is 25.2. The number of carbonyl (C=O) groups excluding carboxylic acids is 1. The van der Waals surface area contributed by atoms with Crippen LogP contribution in [0.3, 0.4) is 0 Å². The van der Waals surface area contributed by atoms with Gasteiger partial charge in [-0.25, -0.2) is 4.79 Å². The highest BCUT2D eigenvalue weighted by atomic mass is 16.8. The highest BCUT2D eigenvalue weighted by molar-refractivity contribution is 5.73. The van der Waals surface area contributed by atoms with Gasteiger partial charge in [0.05, 0.1) is 13.2 Å². The Morgan fingerprint density at radius 2 is 1.94 bits per heavy atom. The van der Waals surface area contributed by atoms with Gasteiger partial charge < -0.3 is 54.5 Å². The molecule has 2 bridgehead atoms. The first kappa shape index (κ1) is 26.7. The molecule has 0 aromatic rings. The molecule has 14 heteroatoms. The monoisotopic (exact) mass is 491 g/mol. The van der Waals surface area contributed by atoms with Gasteiger partial charge >= 0.3 is 5.97 Å². The molecule has 3 fully saturated rings. The summed E-state index contributed by atoms with van der Waals surface area (Å²) in [7, 11) is 0. The Kier molecular flexibility index (Phi) is 8.81. The number of aliphatic carboxylic acids is 1. The van der Waals surface area contributed by atoms with Gasteiger partial charge in [0.15, 0.2) is 18.7 Å². The van der Waals surface area contributed by atoms with Crippen molar-refractivity contribution in [1.82, 2.24) is 5.32 Å². The summed E-state index contributed by atoms with van der Waals surface area (Å²) in [6, 6.07) is -2.31. The van der Waals surface area contributed by atoms with E-state index in [1.165, 1.54) is 13.8 Å². The average molecular weight is 491 g/mol. The lowest BCUT2D eigenvalue weighted by Gasteiger charge is -2.46. The Balaban J connectivity index is 1.94. The summed E-state index contributed by atoms with van der Waals surface area (Å²) in [6.07, 6.45) is -11.0. The van der Waals surface area contributed by atoms with Gasteiger partial charge in [0, 0.05) is 6.92 Å². The lowest BCUT2D eigenvalue weighted by molar-refractivity contribution is -0.311. The highest BCUT2D eigenvalue weighted by Gasteiger charge is 2.55. The van der Waals surface area contributed by atoms with Crippen molar-refractivity contribution in [1.29, 1.82) is 0 Å². The number of rotatable bonds is 9. The van der Waals surface area contributed by atoms with E-state index in [9.17, 15) is 35.1 Å². The quantitative estimate of drug-likeness (QED) is 0.157. The number of aliphatic hydroxyl groups excluding tert-OH is 3. The smallest absolute Gasteiger partial charge is 0.332 e. The van der Waals surface area contributed by atoms with Crippen LogP contribution in [0.2, 0.25) is 0 Å². The molecule has 0 spiro atoms. The Morgan fingerprint density at radius 1 is 1.24 bits per heavy atom. The van der Waals surface area contributed by atoms with Gasteiger partial charge in [-0.1, -0.05) is 6.92 Å². The minimum atomic E-state index is -1.60. The van der Waals surface area contributed by atoms with E-state index in [2.05, 4.69) is 10.3 Å². The molecule has 14 nitrogen and oxygen atoms in total. The fraction of sp³-hybridized carbons (Fsp3) is 0.850. The largest absolute Gasteiger partial charge is 0.862 e. The number of nitrogens with zero attached hydrogens (tertiary/aromatic N) is 1. The summed E-state index contributed by atoms with van der Waals surface area (Å²) in [5, 5.41) is 54.4. The van der Waals surface area contributed by atoms with Crippen molar-refractivity contribution < 1.29 is 58.8 Å². The second kappa shape index (κ2) is 11.2. The van der Waals surface area contributed by atoms with Crippen molar-refractivity contribution in [3.63, 3.8) is 0 Å². The fourth-order valence-corrected chi connectivity index (χ4v) is 4.11. The van der Waals surface area contributed by atoms with E-state index in [0.717, 1.165) is 0 Å². The Morgan fingerprint density at radius 3 is 2.53 bits per heavy atom. The molecule has 3 aliphatic rings. The zero-order valence-electron chi connectivity index (χ0n) is 19.0. The molecule has 1 unspecified atom stereocenters. The van der Waals surface area contributed by atoms with Crippen LogP contribution in [0, 0.1) is 0 Å². The van der Waals surface area contributed by atoms with E-state index in [1.54, 1.807) is 6.92 Å². The standard InChI is InChI=1S/C20H32N2O12/c1-4-11(25)22-12-15(27)14(26)9(5-23)32-20(12)34-16-10-6-30-19(33-10)13(21-8(3)24)17(16)31-7(2)18(28)29/h7,9-10,12-17,19-20,23,26-27H,4-6H2,1-3H3,(H,21,24)(H,22,25)(H,28,29)/p-1/t7-,9-,10-,12-,13-,14-,15-,16-,17-,19?,20+/m1/s1. The van der Waals surface area contributed by atoms with Crippen LogP contribution in [0.1, 0.15) is 27.2 Å². The molecule has 0 radical (unpaired) electrons. The molecule has 3 heterocycles. The SMILES string of the molecule is CCC([O-])=N[C@H]1[C@H](O[C@H]2[C@H](O[C@H](C)C(=O)O)[C@@H](NC(C)=O)C3OC[C@H]2O3)O[C@H](CO)[C@@H](O)[C@@H]1O. The predicted octanol–water partition coefficient (Wildman–Crippen LogP) is -3.53. The van der Waals surface area contributed by atoms with Crippen LogP contribution in [0.5, 0.6) is 0 Å². The number of hydrogen-bond acceptors (Lipinski definition) is 12. The van der Waals surface area contributed by atoms with Crippen molar-refractivity contribution in [3.05, 3.63) is 0 Å². The summed E-state index contributed by atoms with van der Waals surface area (Å²) < 4.78 is 28.7. The van der Waals surface area contributed by atoms with Crippen LogP contribution in [-0.4, -0.2) is 119 Å². The van der Waals surface area contributed by atoms with E-state index < -0.39 is 91.8 Å². The van der Waals surface area contributed by atoms with Crippen LogP contribution in [0.25, 0.3) is 0 Å². The zero-order valence-corrected chi connectivity index (χ0v) is 19.0. The van der Waals surface area contributed by atoms with Crippen LogP contribution < -0.4 is 10.4 Å². The van der Waals surface area contributed by atoms with Gasteiger partial charge in [-0.3, -0.25) is 9.79 Å². The van der Waals surface area contributed by atoms with Crippen molar-refractivity contribution in [2.24, 2.45) is 4.99 Å². The number of aliphatic imine (C=N–C) groups is 1. The highest BCUT2D eigenvalue weighted by Crippen LogP contribution is 2.35. The summed E-state index contributed by atoms with van der Waals surface area (Å²) in [4.78, 5) is 27.2. The molecule has 34 heavy (non-hydrogen) atoms. The molecule has 0 saturated carbocycles. The van der Waals surface area contributed by atoms with Crippen molar-refractivity contribution >= 4 is 17.8 Å². The number of carbonyl (C=O) groups is 2. The van der Waals surface area contributed by atoms with Crippen molar-refractivity contribution in [2.45, 2.75) is 94.6 Å². The van der Waals surface area contributed by atoms with E-state index in [0.29, 0.717) is 0 Å². The number of ether oxygens (including phenoxy) is 5. The lowest BCUT2D eigenvalue weighted by atomic mass is 9.95. The van der Waals surface area contributed by atoms with Gasteiger partial charge in [-0.15, -0.1) is 0 Å². The topological polar surface area (TPSA) is 209 Å². The van der Waals surface area contributed by atoms with Gasteiger partial charge in [0.2, 0.25) is 5.91 Å². The Bertz CT molecular complexity index is 766. The van der Waals surface area contributed by atoms with Gasteiger partial charge in [0.1, 0.15) is 48.7 Å². The second-order valence-corrected chi connectivity index (χ2v) is 8.36. The third-order valence-corrected chi connectivity index (χ3v) is 5.89. The summed E-state index contributed by atoms with van der Waals surface area (Å²) >= 11 is 0. The predicted molar refractivity (Wildman–Crippen MR) is 108 cm³/mol. The van der Waals surface area contributed by atoms with Gasteiger partial charge in [-0.2, -0.15) is 0 Å². The van der Waals surface area contributed by atoms with Gasteiger partial charge in [0.25, 0.3) is 0 Å². The van der Waals surface area contributed by atoms with Crippen molar-refractivity contribution in [2.75, 3.05) is 13.2 Å². The van der Waals surface area contributed by atoms with Gasteiger partial charge in [-0.05, 0) is 19.2 Å². The molecular formula is C20H31N2O12-. The number of hydrogen-bond donors (Lipinski definition) is 5. The molecule has 5 N–H and O–H groups in total. The molecule has 194 valence electrons. The molecule has 11 atom stereocenters. The fourth-order valence-electron chi connectivity index (χ4n) is 4.11. The number of aliphatic hydroxyl groups is 3. The number of carboxylic acid groups (broad SMARTS) is 1. The number of nitrogens with one attached hydrogen (secondary N) is 1. The molecule has 3 saturated heterocycles. The molecule has 0 aliphatic carbocycles. The van der Waals surface area contributed by atoms with Crippen LogP contribution in [-0.2, 0) is 33.3 Å². The van der Waals surface area contributed by atoms with E-state index in [4.69, 9.17) is 23.7 Å². The van der Waals surface area contributed by atoms with Crippen LogP contribution in [0.15, 0.2) is 4.99 Å². The van der Waals surface area contributed by atoms with E-state index >= 15 is 0 Å². The number of fused-ring (bicyclic) bond motifs is 2.